The Kier molecular flexibility index (Phi) is 6.44. The van der Waals surface area contributed by atoms with Crippen molar-refractivity contribution in [1.82, 2.24) is 0 Å². The topological polar surface area (TPSA) is 17.1 Å². The zero-order valence-corrected chi connectivity index (χ0v) is 17.0. The van der Waals surface area contributed by atoms with Crippen LogP contribution in [0.1, 0.15) is 76.8 Å². The summed E-state index contributed by atoms with van der Waals surface area (Å²) in [6, 6.07) is 8.10. The summed E-state index contributed by atoms with van der Waals surface area (Å²) in [6.07, 6.45) is 6.07. The fraction of sp³-hybridized carbons (Fsp3) is 0.542. The van der Waals surface area contributed by atoms with Gasteiger partial charge in [-0.15, -0.1) is 0 Å². The number of hydrogen-bond acceptors (Lipinski definition) is 1. The van der Waals surface area contributed by atoms with E-state index in [1.54, 1.807) is 0 Å². The van der Waals surface area contributed by atoms with Gasteiger partial charge < -0.3 is 4.79 Å². The molecular weight excluding hydrogens is 342 g/mol. The number of aldehydes is 1. The molecule has 0 bridgehead atoms. The van der Waals surface area contributed by atoms with Gasteiger partial charge >= 0.3 is 0 Å². The second-order valence-electron chi connectivity index (χ2n) is 8.70. The Balaban J connectivity index is 2.36. The highest BCUT2D eigenvalue weighted by Crippen LogP contribution is 2.50. The molecule has 0 radical (unpaired) electrons. The lowest BCUT2D eigenvalue weighted by Crippen LogP contribution is -2.38. The molecule has 0 aliphatic heterocycles. The molecule has 148 valence electrons. The Hall–Kier alpha value is -1.77. The molecule has 1 atom stereocenters. The summed E-state index contributed by atoms with van der Waals surface area (Å²) in [7, 11) is 0. The van der Waals surface area contributed by atoms with Crippen LogP contribution in [0.3, 0.4) is 0 Å². The number of hydrogen-bond donors (Lipinski definition) is 0. The normalized spacial score (nSPS) is 20.7. The maximum Gasteiger partial charge on any atom is 0.248 e. The number of benzene rings is 1. The number of carbonyl (C=O) groups is 1. The van der Waals surface area contributed by atoms with Crippen molar-refractivity contribution in [3.63, 3.8) is 0 Å². The van der Waals surface area contributed by atoms with E-state index >= 15 is 0 Å². The molecule has 1 unspecified atom stereocenters. The van der Waals surface area contributed by atoms with Crippen molar-refractivity contribution in [3.8, 4) is 0 Å². The fourth-order valence-corrected chi connectivity index (χ4v) is 3.84. The first kappa shape index (κ1) is 21.5. The lowest BCUT2D eigenvalue weighted by Gasteiger charge is -2.40. The van der Waals surface area contributed by atoms with E-state index in [2.05, 4.69) is 39.5 Å². The number of carbonyl (C=O) groups excluding carboxylic acids is 1. The fourth-order valence-electron chi connectivity index (χ4n) is 3.84. The van der Waals surface area contributed by atoms with Gasteiger partial charge in [-0.2, -0.15) is 0 Å². The van der Waals surface area contributed by atoms with Crippen LogP contribution >= 0.6 is 0 Å². The van der Waals surface area contributed by atoms with E-state index in [1.165, 1.54) is 0 Å². The summed E-state index contributed by atoms with van der Waals surface area (Å²) < 4.78 is 27.2. The van der Waals surface area contributed by atoms with Gasteiger partial charge in [-0.25, -0.2) is 8.78 Å². The van der Waals surface area contributed by atoms with Gasteiger partial charge in [-0.1, -0.05) is 70.7 Å². The quantitative estimate of drug-likeness (QED) is 0.364. The van der Waals surface area contributed by atoms with Gasteiger partial charge in [-0.05, 0) is 47.3 Å². The minimum absolute atomic E-state index is 0.0596. The molecule has 27 heavy (non-hydrogen) atoms. The lowest BCUT2D eigenvalue weighted by molar-refractivity contribution is -0.126. The Morgan fingerprint density at radius 3 is 2.41 bits per heavy atom. The van der Waals surface area contributed by atoms with E-state index in [9.17, 15) is 13.6 Å². The molecule has 0 amide bonds. The summed E-state index contributed by atoms with van der Waals surface area (Å²) in [5.41, 5.74) is 2.49. The van der Waals surface area contributed by atoms with E-state index in [0.717, 1.165) is 29.4 Å². The van der Waals surface area contributed by atoms with Crippen LogP contribution in [0.5, 0.6) is 0 Å². The standard InChI is InChI=1S/C24H32F2O/c1-6-19(16-22(4,5)7-2)21-10-8-9-20(15-21)18(3)23(17-27)11-13-24(25,26)14-12-23/h6,8-10,15-18H,1,7,11-14H2,2-5H3/b19-16+. The van der Waals surface area contributed by atoms with Gasteiger partial charge in [0.25, 0.3) is 0 Å². The average Bonchev–Trinajstić information content (AvgIpc) is 2.66. The minimum atomic E-state index is -2.64. The van der Waals surface area contributed by atoms with Gasteiger partial charge in [0.15, 0.2) is 0 Å². The van der Waals surface area contributed by atoms with Crippen molar-refractivity contribution in [1.29, 1.82) is 0 Å². The second kappa shape index (κ2) is 8.08. The van der Waals surface area contributed by atoms with Crippen LogP contribution in [0.4, 0.5) is 8.78 Å². The van der Waals surface area contributed by atoms with E-state index in [-0.39, 0.29) is 37.0 Å². The maximum absolute atomic E-state index is 13.6. The first-order chi connectivity index (χ1) is 12.6. The summed E-state index contributed by atoms with van der Waals surface area (Å²) in [5, 5.41) is 0. The van der Waals surface area contributed by atoms with Crippen molar-refractivity contribution in [2.24, 2.45) is 10.8 Å². The third-order valence-electron chi connectivity index (χ3n) is 6.41. The molecule has 1 fully saturated rings. The van der Waals surface area contributed by atoms with Gasteiger partial charge in [-0.3, -0.25) is 0 Å². The average molecular weight is 375 g/mol. The highest BCUT2D eigenvalue weighted by atomic mass is 19.3. The first-order valence-electron chi connectivity index (χ1n) is 9.88. The Bertz CT molecular complexity index is 705. The zero-order valence-electron chi connectivity index (χ0n) is 17.0. The summed E-state index contributed by atoms with van der Waals surface area (Å²) in [4.78, 5) is 11.9. The predicted octanol–water partition coefficient (Wildman–Crippen LogP) is 7.19. The summed E-state index contributed by atoms with van der Waals surface area (Å²) >= 11 is 0. The van der Waals surface area contributed by atoms with Gasteiger partial charge in [0.05, 0.1) is 0 Å². The van der Waals surface area contributed by atoms with Crippen molar-refractivity contribution in [2.45, 2.75) is 71.6 Å². The third-order valence-corrected chi connectivity index (χ3v) is 6.41. The molecule has 0 aromatic heterocycles. The Morgan fingerprint density at radius 2 is 1.89 bits per heavy atom. The summed E-state index contributed by atoms with van der Waals surface area (Å²) in [6.45, 7) is 12.5. The molecule has 1 aliphatic carbocycles. The van der Waals surface area contributed by atoms with E-state index in [1.807, 2.05) is 31.2 Å². The molecule has 0 spiro atoms. The molecular formula is C24H32F2O. The molecule has 1 aromatic rings. The van der Waals surface area contributed by atoms with E-state index in [0.29, 0.717) is 0 Å². The van der Waals surface area contributed by atoms with Gasteiger partial charge in [0.2, 0.25) is 5.92 Å². The smallest absolute Gasteiger partial charge is 0.248 e. The highest BCUT2D eigenvalue weighted by Gasteiger charge is 2.46. The minimum Gasteiger partial charge on any atom is -0.303 e. The van der Waals surface area contributed by atoms with Crippen molar-refractivity contribution in [2.75, 3.05) is 0 Å². The molecule has 1 aliphatic rings. The van der Waals surface area contributed by atoms with E-state index in [4.69, 9.17) is 0 Å². The largest absolute Gasteiger partial charge is 0.303 e. The van der Waals surface area contributed by atoms with Crippen LogP contribution in [0, 0.1) is 10.8 Å². The van der Waals surface area contributed by atoms with Crippen LogP contribution in [0.25, 0.3) is 5.57 Å². The zero-order chi connectivity index (χ0) is 20.3. The highest BCUT2D eigenvalue weighted by molar-refractivity contribution is 5.74. The Labute approximate surface area is 162 Å². The van der Waals surface area contributed by atoms with Crippen molar-refractivity contribution in [3.05, 3.63) is 54.1 Å². The van der Waals surface area contributed by atoms with Crippen LogP contribution in [0.15, 0.2) is 43.0 Å². The molecule has 3 heteroatoms. The van der Waals surface area contributed by atoms with Crippen LogP contribution < -0.4 is 0 Å². The number of alkyl halides is 2. The lowest BCUT2D eigenvalue weighted by atomic mass is 9.64. The molecule has 0 saturated heterocycles. The monoisotopic (exact) mass is 374 g/mol. The van der Waals surface area contributed by atoms with Gasteiger partial charge in [0, 0.05) is 18.3 Å². The molecule has 1 aromatic carbocycles. The van der Waals surface area contributed by atoms with Crippen molar-refractivity contribution >= 4 is 11.9 Å². The number of allylic oxidation sites excluding steroid dienone is 3. The van der Waals surface area contributed by atoms with Crippen LogP contribution in [-0.2, 0) is 4.79 Å². The Morgan fingerprint density at radius 1 is 1.26 bits per heavy atom. The third kappa shape index (κ3) is 4.94. The van der Waals surface area contributed by atoms with Crippen LogP contribution in [0.2, 0.25) is 0 Å². The predicted molar refractivity (Wildman–Crippen MR) is 109 cm³/mol. The second-order valence-corrected chi connectivity index (χ2v) is 8.70. The first-order valence-corrected chi connectivity index (χ1v) is 9.88. The van der Waals surface area contributed by atoms with Crippen LogP contribution in [-0.4, -0.2) is 12.2 Å². The molecule has 0 N–H and O–H groups in total. The van der Waals surface area contributed by atoms with E-state index < -0.39 is 11.3 Å². The maximum atomic E-state index is 13.6. The molecule has 0 heterocycles. The molecule has 1 nitrogen and oxygen atoms in total. The molecule has 2 rings (SSSR count). The SMILES string of the molecule is C=C/C(=C\C(C)(C)CC)c1cccc(C(C)C2(C=O)CCC(F)(F)CC2)c1. The number of halogens is 2. The number of rotatable bonds is 7. The molecule has 1 saturated carbocycles. The van der Waals surface area contributed by atoms with Gasteiger partial charge in [0.1, 0.15) is 6.29 Å². The van der Waals surface area contributed by atoms with Crippen molar-refractivity contribution < 1.29 is 13.6 Å². The summed E-state index contributed by atoms with van der Waals surface area (Å²) in [5.74, 6) is -2.74.